The molecule has 0 radical (unpaired) electrons. The van der Waals surface area contributed by atoms with Crippen molar-refractivity contribution in [1.29, 1.82) is 0 Å². The van der Waals surface area contributed by atoms with Gasteiger partial charge in [-0.2, -0.15) is 0 Å². The average Bonchev–Trinajstić information content (AvgIpc) is 3.08. The summed E-state index contributed by atoms with van der Waals surface area (Å²) in [6.45, 7) is 1.79. The number of nitrogens with zero attached hydrogens (tertiary/aromatic N) is 2. The highest BCUT2D eigenvalue weighted by Gasteiger charge is 2.38. The van der Waals surface area contributed by atoms with Gasteiger partial charge in [0.2, 0.25) is 5.91 Å². The molecule has 6 nitrogen and oxygen atoms in total. The minimum Gasteiger partial charge on any atom is -0.496 e. The Balaban J connectivity index is 1.40. The number of amides is 2. The van der Waals surface area contributed by atoms with Gasteiger partial charge in [-0.3, -0.25) is 9.59 Å². The Labute approximate surface area is 170 Å². The maximum atomic E-state index is 12.9. The molecule has 2 aromatic carbocycles. The maximum Gasteiger partial charge on any atom is 0.254 e. The number of likely N-dealkylation sites (tertiary alicyclic amines) is 1. The van der Waals surface area contributed by atoms with Gasteiger partial charge in [-0.15, -0.1) is 0 Å². The number of hydrogen-bond acceptors (Lipinski definition) is 4. The molecule has 2 aromatic rings. The minimum absolute atomic E-state index is 0.0161. The Hall–Kier alpha value is -2.86. The van der Waals surface area contributed by atoms with E-state index in [1.165, 1.54) is 0 Å². The summed E-state index contributed by atoms with van der Waals surface area (Å²) in [5.74, 6) is 0.573. The molecule has 6 heteroatoms. The summed E-state index contributed by atoms with van der Waals surface area (Å²) < 4.78 is 5.41. The predicted molar refractivity (Wildman–Crippen MR) is 109 cm³/mol. The number of methoxy groups -OCH3 is 1. The third-order valence-corrected chi connectivity index (χ3v) is 5.92. The van der Waals surface area contributed by atoms with E-state index in [2.05, 4.69) is 0 Å². The summed E-state index contributed by atoms with van der Waals surface area (Å²) >= 11 is 0. The number of β-amino-alcohol motifs (C(OH)–C–C–N with tert-alkyl or cyclic N) is 1. The lowest BCUT2D eigenvalue weighted by Crippen LogP contribution is -2.49. The van der Waals surface area contributed by atoms with Crippen LogP contribution in [0.15, 0.2) is 48.5 Å². The second kappa shape index (κ2) is 7.87. The first-order chi connectivity index (χ1) is 14.0. The number of fused-ring (bicyclic) bond motifs is 1. The molecule has 1 fully saturated rings. The SMILES string of the molecule is COc1ccccc1[C@@]1(O)CCCN(C(=O)CCN2Cc3ccccc3C2=O)C1. The predicted octanol–water partition coefficient (Wildman–Crippen LogP) is 2.55. The molecule has 1 saturated heterocycles. The van der Waals surface area contributed by atoms with Gasteiger partial charge in [-0.1, -0.05) is 36.4 Å². The fourth-order valence-corrected chi connectivity index (χ4v) is 4.38. The molecule has 1 atom stereocenters. The Kier molecular flexibility index (Phi) is 5.28. The van der Waals surface area contributed by atoms with Crippen LogP contribution in [0, 0.1) is 0 Å². The van der Waals surface area contributed by atoms with Crippen LogP contribution >= 0.6 is 0 Å². The summed E-state index contributed by atoms with van der Waals surface area (Å²) in [4.78, 5) is 28.8. The quantitative estimate of drug-likeness (QED) is 0.846. The monoisotopic (exact) mass is 394 g/mol. The zero-order chi connectivity index (χ0) is 20.4. The van der Waals surface area contributed by atoms with Crippen molar-refractivity contribution in [3.8, 4) is 5.75 Å². The second-order valence-corrected chi connectivity index (χ2v) is 7.78. The van der Waals surface area contributed by atoms with Crippen LogP contribution in [-0.2, 0) is 16.9 Å². The molecule has 0 saturated carbocycles. The normalized spacial score (nSPS) is 21.2. The minimum atomic E-state index is -1.12. The first-order valence-corrected chi connectivity index (χ1v) is 10.0. The van der Waals surface area contributed by atoms with Gasteiger partial charge in [0.1, 0.15) is 11.4 Å². The molecule has 2 aliphatic rings. The molecule has 0 spiro atoms. The van der Waals surface area contributed by atoms with Crippen molar-refractivity contribution in [3.05, 3.63) is 65.2 Å². The van der Waals surface area contributed by atoms with E-state index in [9.17, 15) is 14.7 Å². The van der Waals surface area contributed by atoms with E-state index >= 15 is 0 Å². The van der Waals surface area contributed by atoms with Crippen molar-refractivity contribution in [2.45, 2.75) is 31.4 Å². The largest absolute Gasteiger partial charge is 0.496 e. The molecule has 152 valence electrons. The fraction of sp³-hybridized carbons (Fsp3) is 0.391. The van der Waals surface area contributed by atoms with Crippen LogP contribution < -0.4 is 4.74 Å². The number of rotatable bonds is 5. The van der Waals surface area contributed by atoms with E-state index in [1.807, 2.05) is 48.5 Å². The molecule has 29 heavy (non-hydrogen) atoms. The molecular weight excluding hydrogens is 368 g/mol. The highest BCUT2D eigenvalue weighted by molar-refractivity contribution is 5.98. The smallest absolute Gasteiger partial charge is 0.254 e. The number of benzene rings is 2. The molecule has 0 aromatic heterocycles. The summed E-state index contributed by atoms with van der Waals surface area (Å²) in [6.07, 6.45) is 1.55. The van der Waals surface area contributed by atoms with Crippen molar-refractivity contribution in [2.24, 2.45) is 0 Å². The van der Waals surface area contributed by atoms with Crippen molar-refractivity contribution < 1.29 is 19.4 Å². The summed E-state index contributed by atoms with van der Waals surface area (Å²) in [6, 6.07) is 15.0. The zero-order valence-electron chi connectivity index (χ0n) is 16.6. The highest BCUT2D eigenvalue weighted by Crippen LogP contribution is 2.37. The lowest BCUT2D eigenvalue weighted by molar-refractivity contribution is -0.139. The molecule has 1 N–H and O–H groups in total. The van der Waals surface area contributed by atoms with Gasteiger partial charge < -0.3 is 19.6 Å². The Bertz CT molecular complexity index is 929. The maximum absolute atomic E-state index is 12.9. The second-order valence-electron chi connectivity index (χ2n) is 7.78. The number of piperidine rings is 1. The molecule has 2 heterocycles. The first kappa shape index (κ1) is 19.5. The Morgan fingerprint density at radius 2 is 1.93 bits per heavy atom. The lowest BCUT2D eigenvalue weighted by atomic mass is 9.85. The molecule has 0 aliphatic carbocycles. The van der Waals surface area contributed by atoms with Crippen molar-refractivity contribution >= 4 is 11.8 Å². The third-order valence-electron chi connectivity index (χ3n) is 5.92. The first-order valence-electron chi connectivity index (χ1n) is 10.0. The molecule has 4 rings (SSSR count). The summed E-state index contributed by atoms with van der Waals surface area (Å²) in [5, 5.41) is 11.3. The van der Waals surface area contributed by atoms with E-state index in [1.54, 1.807) is 16.9 Å². The van der Waals surface area contributed by atoms with Gasteiger partial charge >= 0.3 is 0 Å². The summed E-state index contributed by atoms with van der Waals surface area (Å²) in [7, 11) is 1.58. The van der Waals surface area contributed by atoms with Gasteiger partial charge in [0, 0.05) is 37.2 Å². The van der Waals surface area contributed by atoms with E-state index < -0.39 is 5.60 Å². The van der Waals surface area contributed by atoms with E-state index in [-0.39, 0.29) is 24.8 Å². The van der Waals surface area contributed by atoms with Crippen LogP contribution in [0.2, 0.25) is 0 Å². The van der Waals surface area contributed by atoms with Crippen LogP contribution in [0.1, 0.15) is 40.7 Å². The third kappa shape index (κ3) is 3.72. The van der Waals surface area contributed by atoms with Gasteiger partial charge in [0.25, 0.3) is 5.91 Å². The van der Waals surface area contributed by atoms with Crippen LogP contribution in [-0.4, -0.2) is 53.5 Å². The zero-order valence-corrected chi connectivity index (χ0v) is 16.6. The van der Waals surface area contributed by atoms with Crippen molar-refractivity contribution in [2.75, 3.05) is 26.7 Å². The van der Waals surface area contributed by atoms with Gasteiger partial charge in [0.15, 0.2) is 0 Å². The lowest BCUT2D eigenvalue weighted by Gasteiger charge is -2.40. The Morgan fingerprint density at radius 3 is 2.72 bits per heavy atom. The summed E-state index contributed by atoms with van der Waals surface area (Å²) in [5.41, 5.74) is 1.32. The van der Waals surface area contributed by atoms with Gasteiger partial charge in [-0.05, 0) is 30.5 Å². The molecule has 2 amide bonds. The van der Waals surface area contributed by atoms with E-state index in [0.717, 1.165) is 11.1 Å². The van der Waals surface area contributed by atoms with Crippen LogP contribution in [0.5, 0.6) is 5.75 Å². The number of carbonyl (C=O) groups is 2. The molecule has 0 unspecified atom stereocenters. The number of carbonyl (C=O) groups excluding carboxylic acids is 2. The van der Waals surface area contributed by atoms with Gasteiger partial charge in [0.05, 0.1) is 13.7 Å². The number of ether oxygens (including phenoxy) is 1. The standard InChI is InChI=1S/C23H26N2O4/c1-29-20-10-5-4-9-19(20)23(28)12-6-13-25(16-23)21(26)11-14-24-15-17-7-2-3-8-18(17)22(24)27/h2-5,7-10,28H,6,11-16H2,1H3/t23-/m1/s1. The van der Waals surface area contributed by atoms with Crippen LogP contribution in [0.3, 0.4) is 0 Å². The van der Waals surface area contributed by atoms with E-state index in [0.29, 0.717) is 43.8 Å². The topological polar surface area (TPSA) is 70.1 Å². The highest BCUT2D eigenvalue weighted by atomic mass is 16.5. The van der Waals surface area contributed by atoms with Crippen molar-refractivity contribution in [1.82, 2.24) is 9.80 Å². The molecule has 2 aliphatic heterocycles. The number of para-hydroxylation sites is 1. The van der Waals surface area contributed by atoms with Gasteiger partial charge in [-0.25, -0.2) is 0 Å². The van der Waals surface area contributed by atoms with E-state index in [4.69, 9.17) is 4.74 Å². The average molecular weight is 394 g/mol. The molecule has 0 bridgehead atoms. The fourth-order valence-electron chi connectivity index (χ4n) is 4.38. The molecular formula is C23H26N2O4. The van der Waals surface area contributed by atoms with Crippen LogP contribution in [0.4, 0.5) is 0 Å². The Morgan fingerprint density at radius 1 is 1.17 bits per heavy atom. The van der Waals surface area contributed by atoms with Crippen molar-refractivity contribution in [3.63, 3.8) is 0 Å². The van der Waals surface area contributed by atoms with Crippen LogP contribution in [0.25, 0.3) is 0 Å². The number of hydrogen-bond donors (Lipinski definition) is 1. The number of aliphatic hydroxyl groups is 1.